The van der Waals surface area contributed by atoms with Gasteiger partial charge in [0.25, 0.3) is 0 Å². The number of hydrogen-bond acceptors (Lipinski definition) is 2. The fourth-order valence-corrected chi connectivity index (χ4v) is 8.51. The Hall–Kier alpha value is -2.92. The van der Waals surface area contributed by atoms with Gasteiger partial charge in [-0.15, -0.1) is 0 Å². The van der Waals surface area contributed by atoms with Gasteiger partial charge >= 0.3 is 0 Å². The Bertz CT molecular complexity index is 1600. The molecule has 4 aliphatic rings. The Kier molecular flexibility index (Phi) is 7.96. The Balaban J connectivity index is 1.12. The van der Waals surface area contributed by atoms with Gasteiger partial charge in [-0.1, -0.05) is 77.8 Å². The van der Waals surface area contributed by atoms with E-state index in [0.717, 1.165) is 37.8 Å². The van der Waals surface area contributed by atoms with E-state index in [1.165, 1.54) is 72.1 Å². The quantitative estimate of drug-likeness (QED) is 0.140. The van der Waals surface area contributed by atoms with Gasteiger partial charge in [0, 0.05) is 61.5 Å². The zero-order valence-electron chi connectivity index (χ0n) is 24.8. The zero-order chi connectivity index (χ0) is 29.4. The molecule has 0 amide bonds. The molecule has 4 nitrogen and oxygen atoms in total. The van der Waals surface area contributed by atoms with Crippen LogP contribution in [0, 0.1) is 0 Å². The number of quaternary nitrogens is 1. The van der Waals surface area contributed by atoms with Gasteiger partial charge in [-0.3, -0.25) is 4.79 Å². The van der Waals surface area contributed by atoms with Crippen molar-refractivity contribution in [2.75, 3.05) is 26.2 Å². The van der Waals surface area contributed by atoms with Crippen molar-refractivity contribution in [1.82, 2.24) is 9.55 Å². The molecule has 4 heterocycles. The van der Waals surface area contributed by atoms with Crippen LogP contribution in [0.2, 0.25) is 10.0 Å². The van der Waals surface area contributed by atoms with Crippen molar-refractivity contribution in [2.24, 2.45) is 0 Å². The predicted molar refractivity (Wildman–Crippen MR) is 174 cm³/mol. The number of carbonyl (C=O) groups excluding carboxylic acids is 1. The molecule has 4 aromatic rings. The summed E-state index contributed by atoms with van der Waals surface area (Å²) in [5.41, 5.74) is 6.40. The van der Waals surface area contributed by atoms with Crippen LogP contribution < -0.4 is 0 Å². The van der Waals surface area contributed by atoms with Gasteiger partial charge in [-0.25, -0.2) is 4.98 Å². The first-order valence-electron chi connectivity index (χ1n) is 16.0. The number of carbonyl (C=O) groups is 1. The predicted octanol–water partition coefficient (Wildman–Crippen LogP) is 8.43. The van der Waals surface area contributed by atoms with Gasteiger partial charge in [-0.05, 0) is 60.1 Å². The van der Waals surface area contributed by atoms with Crippen LogP contribution in [-0.4, -0.2) is 46.0 Å². The van der Waals surface area contributed by atoms with E-state index in [1.807, 2.05) is 30.5 Å². The minimum absolute atomic E-state index is 0.0304. The second-order valence-corrected chi connectivity index (χ2v) is 14.0. The number of aromatic nitrogens is 2. The van der Waals surface area contributed by atoms with Crippen LogP contribution in [0.4, 0.5) is 0 Å². The van der Waals surface area contributed by atoms with E-state index in [0.29, 0.717) is 27.8 Å². The lowest BCUT2D eigenvalue weighted by Gasteiger charge is -2.55. The molecule has 0 saturated carbocycles. The molecule has 0 unspecified atom stereocenters. The van der Waals surface area contributed by atoms with E-state index in [1.54, 1.807) is 6.20 Å². The lowest BCUT2D eigenvalue weighted by atomic mass is 9.66. The van der Waals surface area contributed by atoms with E-state index in [-0.39, 0.29) is 11.7 Å². The molecule has 0 N–H and O–H groups in total. The number of imidazole rings is 1. The number of aryl methyl sites for hydroxylation is 1. The SMILES string of the molecule is O=C(c1cccc2c1CCCC2)c1nccn1C[C@@H](CC[N+]12CCC(c3ccccc3)(CC1)CC2)c1ccc(Cl)c(Cl)c1. The van der Waals surface area contributed by atoms with Gasteiger partial charge in [0.05, 0.1) is 36.2 Å². The van der Waals surface area contributed by atoms with Crippen molar-refractivity contribution in [3.05, 3.63) is 123 Å². The molecule has 3 saturated heterocycles. The number of ketones is 1. The van der Waals surface area contributed by atoms with Crippen LogP contribution in [0.1, 0.15) is 82.9 Å². The van der Waals surface area contributed by atoms with Crippen molar-refractivity contribution in [3.63, 3.8) is 0 Å². The summed E-state index contributed by atoms with van der Waals surface area (Å²) in [6.07, 6.45) is 12.9. The third kappa shape index (κ3) is 5.59. The molecule has 3 aliphatic heterocycles. The average molecular weight is 614 g/mol. The van der Waals surface area contributed by atoms with Crippen molar-refractivity contribution in [1.29, 1.82) is 0 Å². The summed E-state index contributed by atoms with van der Waals surface area (Å²) < 4.78 is 3.27. The third-order valence-electron chi connectivity index (χ3n) is 10.9. The van der Waals surface area contributed by atoms with E-state index in [2.05, 4.69) is 52.0 Å². The highest BCUT2D eigenvalue weighted by atomic mass is 35.5. The van der Waals surface area contributed by atoms with Crippen LogP contribution >= 0.6 is 23.2 Å². The number of rotatable bonds is 9. The molecule has 3 fully saturated rings. The Labute approximate surface area is 265 Å². The summed E-state index contributed by atoms with van der Waals surface area (Å²) in [5, 5.41) is 1.15. The van der Waals surface area contributed by atoms with E-state index >= 15 is 0 Å². The monoisotopic (exact) mass is 612 g/mol. The van der Waals surface area contributed by atoms with Gasteiger partial charge < -0.3 is 9.05 Å². The number of hydrogen-bond donors (Lipinski definition) is 0. The molecule has 8 rings (SSSR count). The summed E-state index contributed by atoms with van der Waals surface area (Å²) >= 11 is 12.9. The maximum Gasteiger partial charge on any atom is 0.228 e. The summed E-state index contributed by atoms with van der Waals surface area (Å²) in [5.74, 6) is 0.748. The topological polar surface area (TPSA) is 34.9 Å². The Morgan fingerprint density at radius 2 is 1.67 bits per heavy atom. The maximum atomic E-state index is 13.9. The Morgan fingerprint density at radius 3 is 2.44 bits per heavy atom. The summed E-state index contributed by atoms with van der Waals surface area (Å²) in [6.45, 7) is 5.51. The number of halogens is 2. The standard InChI is InChI=1S/C37H40Cl2N3O/c38-33-14-13-28(25-34(33)39)29(15-21-42-22-16-37(17-23-42,18-24-42)30-9-2-1-3-10-30)26-41-20-19-40-36(41)35(43)32-12-6-8-27-7-4-5-11-31(27)32/h1-3,6,8-10,12-14,19-20,25,29H,4-5,7,11,15-18,21-24,26H2/q+1/t29-,37?,42?/m1/s1. The average Bonchev–Trinajstić information content (AvgIpc) is 3.53. The number of benzene rings is 3. The van der Waals surface area contributed by atoms with E-state index in [9.17, 15) is 4.79 Å². The first-order chi connectivity index (χ1) is 21.0. The fourth-order valence-electron chi connectivity index (χ4n) is 8.20. The van der Waals surface area contributed by atoms with Crippen molar-refractivity contribution < 1.29 is 9.28 Å². The van der Waals surface area contributed by atoms with Gasteiger partial charge in [-0.2, -0.15) is 0 Å². The van der Waals surface area contributed by atoms with Crippen LogP contribution in [0.25, 0.3) is 0 Å². The van der Waals surface area contributed by atoms with E-state index in [4.69, 9.17) is 23.2 Å². The first-order valence-corrected chi connectivity index (χ1v) is 16.7. The van der Waals surface area contributed by atoms with Crippen LogP contribution in [-0.2, 0) is 24.8 Å². The largest absolute Gasteiger partial charge is 0.328 e. The molecule has 3 aromatic carbocycles. The normalized spacial score (nSPS) is 23.6. The van der Waals surface area contributed by atoms with Crippen LogP contribution in [0.5, 0.6) is 0 Å². The lowest BCUT2D eigenvalue weighted by molar-refractivity contribution is -0.943. The number of piperidine rings is 3. The molecular weight excluding hydrogens is 573 g/mol. The minimum Gasteiger partial charge on any atom is -0.328 e. The van der Waals surface area contributed by atoms with Gasteiger partial charge in [0.15, 0.2) is 5.82 Å². The first kappa shape index (κ1) is 28.8. The molecule has 6 heteroatoms. The second kappa shape index (κ2) is 11.9. The highest BCUT2D eigenvalue weighted by Crippen LogP contribution is 2.46. The molecule has 0 spiro atoms. The van der Waals surface area contributed by atoms with Crippen molar-refractivity contribution >= 4 is 29.0 Å². The smallest absolute Gasteiger partial charge is 0.228 e. The van der Waals surface area contributed by atoms with Crippen LogP contribution in [0.3, 0.4) is 0 Å². The zero-order valence-corrected chi connectivity index (χ0v) is 26.3. The minimum atomic E-state index is 0.0304. The van der Waals surface area contributed by atoms with Gasteiger partial charge in [0.1, 0.15) is 0 Å². The van der Waals surface area contributed by atoms with E-state index < -0.39 is 0 Å². The fraction of sp³-hybridized carbons (Fsp3) is 0.405. The number of nitrogens with zero attached hydrogens (tertiary/aromatic N) is 3. The maximum absolute atomic E-state index is 13.9. The summed E-state index contributed by atoms with van der Waals surface area (Å²) in [7, 11) is 0. The molecule has 2 bridgehead atoms. The van der Waals surface area contributed by atoms with Gasteiger partial charge in [0.2, 0.25) is 5.78 Å². The summed E-state index contributed by atoms with van der Waals surface area (Å²) in [6, 6.07) is 23.4. The van der Waals surface area contributed by atoms with Crippen molar-refractivity contribution in [2.45, 2.75) is 69.2 Å². The molecule has 1 aliphatic carbocycles. The van der Waals surface area contributed by atoms with Crippen molar-refractivity contribution in [3.8, 4) is 0 Å². The summed E-state index contributed by atoms with van der Waals surface area (Å²) in [4.78, 5) is 18.6. The molecular formula is C37H40Cl2N3O+. The molecule has 222 valence electrons. The molecule has 1 aromatic heterocycles. The Morgan fingerprint density at radius 1 is 0.907 bits per heavy atom. The number of fused-ring (bicyclic) bond motifs is 4. The highest BCUT2D eigenvalue weighted by Gasteiger charge is 2.49. The second-order valence-electron chi connectivity index (χ2n) is 13.2. The molecule has 1 atom stereocenters. The highest BCUT2D eigenvalue weighted by molar-refractivity contribution is 6.42. The van der Waals surface area contributed by atoms with Crippen LogP contribution in [0.15, 0.2) is 79.1 Å². The molecule has 0 radical (unpaired) electrons. The lowest BCUT2D eigenvalue weighted by Crippen LogP contribution is -2.63. The molecule has 43 heavy (non-hydrogen) atoms. The third-order valence-corrected chi connectivity index (χ3v) is 11.7.